The molecule has 3 fully saturated rings. The van der Waals surface area contributed by atoms with Crippen molar-refractivity contribution in [1.29, 1.82) is 0 Å². The van der Waals surface area contributed by atoms with E-state index in [9.17, 15) is 23.6 Å². The Morgan fingerprint density at radius 2 is 1.65 bits per heavy atom. The number of ether oxygens (including phenoxy) is 1. The van der Waals surface area contributed by atoms with Gasteiger partial charge in [0.2, 0.25) is 11.8 Å². The molecule has 63 heavy (non-hydrogen) atoms. The number of nitrogens with one attached hydrogen (secondary N) is 1. The van der Waals surface area contributed by atoms with E-state index in [0.29, 0.717) is 56.0 Å². The average molecular weight is 907 g/mol. The summed E-state index contributed by atoms with van der Waals surface area (Å²) in [5.74, 6) is -2.75. The van der Waals surface area contributed by atoms with Crippen molar-refractivity contribution in [3.63, 3.8) is 0 Å². The maximum atomic E-state index is 16.4. The van der Waals surface area contributed by atoms with Gasteiger partial charge in [-0.05, 0) is 99.1 Å². The summed E-state index contributed by atoms with van der Waals surface area (Å²) < 4.78 is 52.8. The standard InChI is InChI=1S/C46H48Cl2F3N7O5/c1-27(47)45(61)57-19-17-56(18-20-57)43-32-24-34(48)39(41(51)42(32)52-26-53-43)40-35(50)8-7-9-37(40)63-21-6-4-2-3-5-14-55-15-12-28(13-16-55)30-22-29(49)23-31-33(30)25-58(46(31)62)36-10-11-38(59)54-44(36)60/h7-9,22-24,26,28,36H,1-6,10-21,25H2,(H,54,59,60). The number of halogens is 5. The van der Waals surface area contributed by atoms with E-state index >= 15 is 8.78 Å². The third-order valence-electron chi connectivity index (χ3n) is 12.7. The third-order valence-corrected chi connectivity index (χ3v) is 13.1. The van der Waals surface area contributed by atoms with E-state index in [-0.39, 0.29) is 75.5 Å². The Bertz CT molecular complexity index is 2460. The van der Waals surface area contributed by atoms with Gasteiger partial charge in [0.15, 0.2) is 5.82 Å². The van der Waals surface area contributed by atoms with Crippen molar-refractivity contribution in [3.05, 3.63) is 93.5 Å². The fraction of sp³-hybridized carbons (Fsp3) is 0.435. The van der Waals surface area contributed by atoms with Gasteiger partial charge in [-0.15, -0.1) is 0 Å². The number of hydrogen-bond donors (Lipinski definition) is 1. The molecule has 8 rings (SSSR count). The normalized spacial score (nSPS) is 18.6. The minimum Gasteiger partial charge on any atom is -0.493 e. The van der Waals surface area contributed by atoms with Gasteiger partial charge >= 0.3 is 0 Å². The molecule has 4 amide bonds. The largest absolute Gasteiger partial charge is 0.493 e. The van der Waals surface area contributed by atoms with Crippen LogP contribution in [-0.4, -0.2) is 107 Å². The first-order valence-corrected chi connectivity index (χ1v) is 22.3. The van der Waals surface area contributed by atoms with E-state index in [1.165, 1.54) is 29.4 Å². The highest BCUT2D eigenvalue weighted by atomic mass is 35.5. The molecule has 3 aromatic carbocycles. The average Bonchev–Trinajstić information content (AvgIpc) is 3.59. The van der Waals surface area contributed by atoms with Gasteiger partial charge in [0.05, 0.1) is 22.2 Å². The Kier molecular flexibility index (Phi) is 13.5. The van der Waals surface area contributed by atoms with E-state index in [1.54, 1.807) is 23.1 Å². The second kappa shape index (κ2) is 19.2. The number of hydrogen-bond acceptors (Lipinski definition) is 9. The summed E-state index contributed by atoms with van der Waals surface area (Å²) in [6.45, 7) is 8.26. The molecule has 1 unspecified atom stereocenters. The van der Waals surface area contributed by atoms with Crippen molar-refractivity contribution in [2.24, 2.45) is 0 Å². The number of aromatic nitrogens is 2. The van der Waals surface area contributed by atoms with Gasteiger partial charge in [0, 0.05) is 55.7 Å². The van der Waals surface area contributed by atoms with Gasteiger partial charge in [-0.1, -0.05) is 55.1 Å². The Morgan fingerprint density at radius 3 is 2.40 bits per heavy atom. The maximum absolute atomic E-state index is 16.4. The molecule has 1 N–H and O–H groups in total. The fourth-order valence-corrected chi connectivity index (χ4v) is 9.80. The van der Waals surface area contributed by atoms with Crippen LogP contribution in [0, 0.1) is 17.5 Å². The highest BCUT2D eigenvalue weighted by molar-refractivity contribution is 6.41. The Labute approximate surface area is 373 Å². The van der Waals surface area contributed by atoms with Crippen LogP contribution in [0.2, 0.25) is 5.02 Å². The second-order valence-corrected chi connectivity index (χ2v) is 17.5. The molecule has 1 aromatic heterocycles. The minimum absolute atomic E-state index is 0.0156. The molecule has 12 nitrogen and oxygen atoms in total. The highest BCUT2D eigenvalue weighted by Crippen LogP contribution is 2.43. The summed E-state index contributed by atoms with van der Waals surface area (Å²) in [6.07, 6.45) is 7.94. The molecule has 3 saturated heterocycles. The predicted molar refractivity (Wildman–Crippen MR) is 233 cm³/mol. The van der Waals surface area contributed by atoms with Gasteiger partial charge in [-0.25, -0.2) is 23.1 Å². The summed E-state index contributed by atoms with van der Waals surface area (Å²) in [7, 11) is 0. The number of likely N-dealkylation sites (tertiary alicyclic amines) is 1. The summed E-state index contributed by atoms with van der Waals surface area (Å²) in [5, 5.41) is 2.60. The van der Waals surface area contributed by atoms with Crippen LogP contribution in [0.4, 0.5) is 19.0 Å². The van der Waals surface area contributed by atoms with Gasteiger partial charge in [0.1, 0.15) is 41.1 Å². The number of rotatable bonds is 14. The van der Waals surface area contributed by atoms with E-state index in [1.807, 2.05) is 4.90 Å². The molecule has 332 valence electrons. The zero-order valence-corrected chi connectivity index (χ0v) is 36.3. The molecule has 0 radical (unpaired) electrons. The number of carbonyl (C=O) groups is 4. The molecule has 0 spiro atoms. The van der Waals surface area contributed by atoms with Crippen molar-refractivity contribution >= 4 is 63.6 Å². The molecule has 4 aliphatic heterocycles. The minimum atomic E-state index is -0.792. The smallest absolute Gasteiger partial charge is 0.264 e. The predicted octanol–water partition coefficient (Wildman–Crippen LogP) is 7.74. The molecule has 5 heterocycles. The topological polar surface area (TPSA) is 128 Å². The quantitative estimate of drug-likeness (QED) is 0.0768. The number of amides is 4. The Morgan fingerprint density at radius 1 is 0.905 bits per heavy atom. The first kappa shape index (κ1) is 44.4. The summed E-state index contributed by atoms with van der Waals surface area (Å²) in [6, 6.07) is 7.95. The van der Waals surface area contributed by atoms with Crippen molar-refractivity contribution < 1.29 is 37.1 Å². The lowest BCUT2D eigenvalue weighted by molar-refractivity contribution is -0.137. The van der Waals surface area contributed by atoms with Crippen LogP contribution < -0.4 is 15.0 Å². The molecule has 0 saturated carbocycles. The monoisotopic (exact) mass is 905 g/mol. The number of nitrogens with zero attached hydrogens (tertiary/aromatic N) is 6. The summed E-state index contributed by atoms with van der Waals surface area (Å²) in [5.41, 5.74) is 1.70. The van der Waals surface area contributed by atoms with Crippen LogP contribution in [0.15, 0.2) is 54.3 Å². The fourth-order valence-electron chi connectivity index (χ4n) is 9.39. The van der Waals surface area contributed by atoms with Crippen molar-refractivity contribution in [3.8, 4) is 16.9 Å². The van der Waals surface area contributed by atoms with E-state index in [2.05, 4.69) is 26.8 Å². The van der Waals surface area contributed by atoms with Crippen LogP contribution >= 0.6 is 23.2 Å². The summed E-state index contributed by atoms with van der Waals surface area (Å²) >= 11 is 12.5. The number of anilines is 1. The zero-order valence-electron chi connectivity index (χ0n) is 34.7. The van der Waals surface area contributed by atoms with Crippen LogP contribution in [0.25, 0.3) is 22.0 Å². The number of benzene rings is 3. The lowest BCUT2D eigenvalue weighted by Crippen LogP contribution is -2.52. The van der Waals surface area contributed by atoms with E-state index < -0.39 is 29.4 Å². The number of fused-ring (bicyclic) bond motifs is 2. The zero-order chi connectivity index (χ0) is 44.4. The van der Waals surface area contributed by atoms with Crippen LogP contribution in [0.1, 0.15) is 85.2 Å². The number of carbonyl (C=O) groups excluding carboxylic acids is 4. The van der Waals surface area contributed by atoms with Crippen LogP contribution in [0.3, 0.4) is 0 Å². The van der Waals surface area contributed by atoms with E-state index in [0.717, 1.165) is 69.3 Å². The van der Waals surface area contributed by atoms with Crippen molar-refractivity contribution in [1.82, 2.24) is 30.0 Å². The van der Waals surface area contributed by atoms with E-state index in [4.69, 9.17) is 27.9 Å². The maximum Gasteiger partial charge on any atom is 0.264 e. The molecule has 17 heteroatoms. The molecule has 4 aliphatic rings. The van der Waals surface area contributed by atoms with Gasteiger partial charge < -0.3 is 24.3 Å². The molecular formula is C46H48Cl2F3N7O5. The number of imide groups is 1. The van der Waals surface area contributed by atoms with Crippen molar-refractivity contribution in [2.45, 2.75) is 76.3 Å². The number of piperazine rings is 1. The van der Waals surface area contributed by atoms with Gasteiger partial charge in [-0.2, -0.15) is 0 Å². The molecular weight excluding hydrogens is 858 g/mol. The first-order valence-electron chi connectivity index (χ1n) is 21.5. The Hall–Kier alpha value is -5.25. The Balaban J connectivity index is 0.802. The number of unbranched alkanes of at least 4 members (excludes halogenated alkanes) is 4. The summed E-state index contributed by atoms with van der Waals surface area (Å²) in [4.78, 5) is 65.8. The van der Waals surface area contributed by atoms with Crippen molar-refractivity contribution in [2.75, 3.05) is 57.3 Å². The second-order valence-electron chi connectivity index (χ2n) is 16.6. The molecule has 0 bridgehead atoms. The lowest BCUT2D eigenvalue weighted by atomic mass is 9.85. The SMILES string of the molecule is C=C(Cl)C(=O)N1CCN(c2ncnc3c(F)c(-c4c(F)cccc4OCCCCCCCN4CCC(c5cc(F)cc6c5CN(C5CCC(=O)NC5=O)C6=O)CC4)c(Cl)cc23)CC1. The molecule has 1 atom stereocenters. The van der Waals surface area contributed by atoms with Crippen LogP contribution in [0.5, 0.6) is 5.75 Å². The van der Waals surface area contributed by atoms with Gasteiger partial charge in [0.25, 0.3) is 11.8 Å². The molecule has 4 aromatic rings. The lowest BCUT2D eigenvalue weighted by Gasteiger charge is -2.35. The van der Waals surface area contributed by atoms with Crippen LogP contribution in [-0.2, 0) is 20.9 Å². The molecule has 0 aliphatic carbocycles. The van der Waals surface area contributed by atoms with Gasteiger partial charge in [-0.3, -0.25) is 24.5 Å². The third kappa shape index (κ3) is 9.37. The number of piperidine rings is 2. The first-order chi connectivity index (χ1) is 30.4. The highest BCUT2D eigenvalue weighted by Gasteiger charge is 2.41.